The van der Waals surface area contributed by atoms with Crippen molar-refractivity contribution >= 4 is 17.3 Å². The number of nitriles is 1. The van der Waals surface area contributed by atoms with Crippen LogP contribution in [0.2, 0.25) is 0 Å². The average Bonchev–Trinajstić information content (AvgIpc) is 2.46. The third-order valence-electron chi connectivity index (χ3n) is 3.07. The van der Waals surface area contributed by atoms with Crippen LogP contribution < -0.4 is 4.90 Å². The van der Waals surface area contributed by atoms with Gasteiger partial charge in [0.1, 0.15) is 11.6 Å². The van der Waals surface area contributed by atoms with Gasteiger partial charge < -0.3 is 4.90 Å². The maximum atomic E-state index is 13.7. The van der Waals surface area contributed by atoms with Gasteiger partial charge in [-0.15, -0.1) is 0 Å². The van der Waals surface area contributed by atoms with E-state index in [1.807, 2.05) is 37.2 Å². The monoisotopic (exact) mass is 284 g/mol. The van der Waals surface area contributed by atoms with E-state index >= 15 is 0 Å². The zero-order chi connectivity index (χ0) is 15.4. The molecule has 0 fully saturated rings. The lowest BCUT2D eigenvalue weighted by atomic mass is 10.0. The predicted octanol–water partition coefficient (Wildman–Crippen LogP) is 4.09. The molecule has 2 rings (SSSR count). The summed E-state index contributed by atoms with van der Waals surface area (Å²) < 4.78 is 27.4. The van der Waals surface area contributed by atoms with E-state index in [1.54, 1.807) is 12.1 Å². The summed E-state index contributed by atoms with van der Waals surface area (Å²) in [6, 6.07) is 12.7. The Hall–Kier alpha value is -2.67. The first-order chi connectivity index (χ1) is 10.0. The highest BCUT2D eigenvalue weighted by atomic mass is 19.1. The van der Waals surface area contributed by atoms with E-state index in [-0.39, 0.29) is 11.1 Å². The number of hydrogen-bond acceptors (Lipinski definition) is 2. The largest absolute Gasteiger partial charge is 0.378 e. The predicted molar refractivity (Wildman–Crippen MR) is 80.6 cm³/mol. The van der Waals surface area contributed by atoms with Gasteiger partial charge in [-0.05, 0) is 35.9 Å². The van der Waals surface area contributed by atoms with Gasteiger partial charge in [0.25, 0.3) is 0 Å². The molecule has 0 amide bonds. The Morgan fingerprint density at radius 3 is 2.10 bits per heavy atom. The van der Waals surface area contributed by atoms with Crippen molar-refractivity contribution in [3.8, 4) is 6.07 Å². The quantitative estimate of drug-likeness (QED) is 0.627. The Bertz CT molecular complexity index is 690. The molecule has 21 heavy (non-hydrogen) atoms. The van der Waals surface area contributed by atoms with Gasteiger partial charge in [-0.3, -0.25) is 0 Å². The summed E-state index contributed by atoms with van der Waals surface area (Å²) in [4.78, 5) is 1.94. The Morgan fingerprint density at radius 2 is 1.62 bits per heavy atom. The van der Waals surface area contributed by atoms with Crippen molar-refractivity contribution in [2.75, 3.05) is 19.0 Å². The number of anilines is 1. The SMILES string of the molecule is CN(C)c1ccc(/C=C(\C#N)c2c(F)cccc2F)cc1. The number of hydrogen-bond donors (Lipinski definition) is 0. The minimum absolute atomic E-state index is 0.0387. The summed E-state index contributed by atoms with van der Waals surface area (Å²) in [5, 5.41) is 9.17. The molecule has 0 aliphatic heterocycles. The molecule has 0 radical (unpaired) electrons. The zero-order valence-corrected chi connectivity index (χ0v) is 11.8. The highest BCUT2D eigenvalue weighted by molar-refractivity contribution is 5.90. The molecule has 106 valence electrons. The smallest absolute Gasteiger partial charge is 0.134 e. The molecule has 0 saturated carbocycles. The summed E-state index contributed by atoms with van der Waals surface area (Å²) in [6.07, 6.45) is 1.47. The van der Waals surface area contributed by atoms with Crippen molar-refractivity contribution in [3.05, 3.63) is 65.2 Å². The van der Waals surface area contributed by atoms with Gasteiger partial charge in [0.2, 0.25) is 0 Å². The van der Waals surface area contributed by atoms with Crippen LogP contribution in [0.15, 0.2) is 42.5 Å². The molecule has 0 heterocycles. The fraction of sp³-hybridized carbons (Fsp3) is 0.118. The molecule has 0 saturated heterocycles. The average molecular weight is 284 g/mol. The lowest BCUT2D eigenvalue weighted by molar-refractivity contribution is 0.578. The molecule has 2 aromatic rings. The molecule has 0 unspecified atom stereocenters. The van der Waals surface area contributed by atoms with Crippen LogP contribution in [0.1, 0.15) is 11.1 Å². The summed E-state index contributed by atoms with van der Waals surface area (Å²) in [5.74, 6) is -1.49. The fourth-order valence-electron chi connectivity index (χ4n) is 1.95. The molecule has 4 heteroatoms. The molecule has 2 aromatic carbocycles. The van der Waals surface area contributed by atoms with Crippen LogP contribution in [-0.2, 0) is 0 Å². The van der Waals surface area contributed by atoms with Crippen molar-refractivity contribution in [3.63, 3.8) is 0 Å². The van der Waals surface area contributed by atoms with Crippen LogP contribution in [0.5, 0.6) is 0 Å². The van der Waals surface area contributed by atoms with E-state index in [1.165, 1.54) is 12.1 Å². The molecule has 2 nitrogen and oxygen atoms in total. The molecule has 0 aliphatic rings. The first-order valence-corrected chi connectivity index (χ1v) is 6.36. The zero-order valence-electron chi connectivity index (χ0n) is 11.8. The molecule has 0 N–H and O–H groups in total. The maximum Gasteiger partial charge on any atom is 0.134 e. The molecule has 0 spiro atoms. The van der Waals surface area contributed by atoms with Crippen LogP contribution in [-0.4, -0.2) is 14.1 Å². The van der Waals surface area contributed by atoms with E-state index in [2.05, 4.69) is 0 Å². The van der Waals surface area contributed by atoms with Gasteiger partial charge in [-0.1, -0.05) is 18.2 Å². The Labute approximate surface area is 122 Å². The number of rotatable bonds is 3. The second-order valence-electron chi connectivity index (χ2n) is 4.75. The van der Waals surface area contributed by atoms with Crippen molar-refractivity contribution in [1.29, 1.82) is 5.26 Å². The third-order valence-corrected chi connectivity index (χ3v) is 3.07. The molecule has 0 aromatic heterocycles. The Morgan fingerprint density at radius 1 is 1.05 bits per heavy atom. The van der Waals surface area contributed by atoms with Gasteiger partial charge in [-0.2, -0.15) is 5.26 Å². The first kappa shape index (κ1) is 14.7. The van der Waals surface area contributed by atoms with Crippen LogP contribution in [0.4, 0.5) is 14.5 Å². The second kappa shape index (κ2) is 6.19. The fourth-order valence-corrected chi connectivity index (χ4v) is 1.95. The lowest BCUT2D eigenvalue weighted by Crippen LogP contribution is -2.07. The second-order valence-corrected chi connectivity index (χ2v) is 4.75. The number of nitrogens with zero attached hydrogens (tertiary/aromatic N) is 2. The van der Waals surface area contributed by atoms with Crippen LogP contribution >= 0.6 is 0 Å². The molecule has 0 atom stereocenters. The summed E-state index contributed by atoms with van der Waals surface area (Å²) in [6.45, 7) is 0. The minimum atomic E-state index is -0.743. The van der Waals surface area contributed by atoms with Crippen LogP contribution in [0.25, 0.3) is 11.6 Å². The number of halogens is 2. The van der Waals surface area contributed by atoms with Gasteiger partial charge in [-0.25, -0.2) is 8.78 Å². The topological polar surface area (TPSA) is 27.0 Å². The van der Waals surface area contributed by atoms with Crippen molar-refractivity contribution in [1.82, 2.24) is 0 Å². The number of benzene rings is 2. The van der Waals surface area contributed by atoms with Crippen LogP contribution in [0, 0.1) is 23.0 Å². The third kappa shape index (κ3) is 3.26. The molecular weight excluding hydrogens is 270 g/mol. The lowest BCUT2D eigenvalue weighted by Gasteiger charge is -2.12. The van der Waals surface area contributed by atoms with E-state index in [0.717, 1.165) is 17.8 Å². The minimum Gasteiger partial charge on any atom is -0.378 e. The van der Waals surface area contributed by atoms with E-state index in [9.17, 15) is 14.0 Å². The summed E-state index contributed by atoms with van der Waals surface area (Å²) in [7, 11) is 3.83. The van der Waals surface area contributed by atoms with Crippen molar-refractivity contribution in [2.45, 2.75) is 0 Å². The molecular formula is C17H14F2N2. The molecule has 0 bridgehead atoms. The van der Waals surface area contributed by atoms with Crippen molar-refractivity contribution < 1.29 is 8.78 Å². The van der Waals surface area contributed by atoms with E-state index < -0.39 is 11.6 Å². The summed E-state index contributed by atoms with van der Waals surface area (Å²) >= 11 is 0. The van der Waals surface area contributed by atoms with E-state index in [4.69, 9.17) is 0 Å². The Balaban J connectivity index is 2.44. The van der Waals surface area contributed by atoms with Gasteiger partial charge in [0, 0.05) is 19.8 Å². The standard InChI is InChI=1S/C17H14F2N2/c1-21(2)14-8-6-12(7-9-14)10-13(11-20)17-15(18)4-3-5-16(17)19/h3-10H,1-2H3/b13-10+. The van der Waals surface area contributed by atoms with Gasteiger partial charge in [0.15, 0.2) is 0 Å². The van der Waals surface area contributed by atoms with Crippen molar-refractivity contribution in [2.24, 2.45) is 0 Å². The van der Waals surface area contributed by atoms with Gasteiger partial charge in [0.05, 0.1) is 17.2 Å². The number of allylic oxidation sites excluding steroid dienone is 1. The normalized spacial score (nSPS) is 11.1. The highest BCUT2D eigenvalue weighted by Crippen LogP contribution is 2.24. The summed E-state index contributed by atoms with van der Waals surface area (Å²) in [5.41, 5.74) is 1.38. The van der Waals surface area contributed by atoms with Gasteiger partial charge >= 0.3 is 0 Å². The Kier molecular flexibility index (Phi) is 4.34. The maximum absolute atomic E-state index is 13.7. The highest BCUT2D eigenvalue weighted by Gasteiger charge is 2.13. The van der Waals surface area contributed by atoms with E-state index in [0.29, 0.717) is 5.56 Å². The first-order valence-electron chi connectivity index (χ1n) is 6.36. The van der Waals surface area contributed by atoms with Crippen LogP contribution in [0.3, 0.4) is 0 Å². The molecule has 0 aliphatic carbocycles.